The van der Waals surface area contributed by atoms with Crippen LogP contribution in [0.4, 0.5) is 4.79 Å². The summed E-state index contributed by atoms with van der Waals surface area (Å²) in [4.78, 5) is 11.1. The molecule has 9 nitrogen and oxygen atoms in total. The number of carbonyl (C=O) groups is 1. The van der Waals surface area contributed by atoms with Crippen molar-refractivity contribution in [3.63, 3.8) is 0 Å². The summed E-state index contributed by atoms with van der Waals surface area (Å²) in [6.07, 6.45) is -1.00. The maximum absolute atomic E-state index is 11.1. The second-order valence-electron chi connectivity index (χ2n) is 10.2. The third-order valence-electron chi connectivity index (χ3n) is 7.10. The van der Waals surface area contributed by atoms with E-state index in [1.165, 1.54) is 6.21 Å². The number of urea groups is 1. The molecule has 0 spiro atoms. The summed E-state index contributed by atoms with van der Waals surface area (Å²) >= 11 is 0. The van der Waals surface area contributed by atoms with Gasteiger partial charge in [-0.15, -0.1) is 0 Å². The average Bonchev–Trinajstić information content (AvgIpc) is 3.46. The molecule has 0 bridgehead atoms. The molecule has 0 aromatic heterocycles. The van der Waals surface area contributed by atoms with Crippen LogP contribution in [-0.4, -0.2) is 49.1 Å². The molecule has 3 aromatic carbocycles. The van der Waals surface area contributed by atoms with E-state index < -0.39 is 47.8 Å². The Morgan fingerprint density at radius 1 is 1.00 bits per heavy atom. The number of rotatable bonds is 9. The largest absolute Gasteiger partial charge is 0.365 e. The van der Waals surface area contributed by atoms with Crippen LogP contribution in [0.2, 0.25) is 0 Å². The van der Waals surface area contributed by atoms with E-state index in [0.29, 0.717) is 0 Å². The molecule has 2 unspecified atom stereocenters. The summed E-state index contributed by atoms with van der Waals surface area (Å²) in [5.74, 6) is -1.71. The van der Waals surface area contributed by atoms with Crippen LogP contribution in [0.25, 0.3) is 0 Å². The molecule has 5 rings (SSSR count). The second kappa shape index (κ2) is 11.6. The smallest absolute Gasteiger partial charge is 0.332 e. The van der Waals surface area contributed by atoms with E-state index in [1.54, 1.807) is 0 Å². The number of benzene rings is 3. The highest BCUT2D eigenvalue weighted by molar-refractivity contribution is 5.74. The Morgan fingerprint density at radius 2 is 1.50 bits per heavy atom. The minimum atomic E-state index is -0.947. The van der Waals surface area contributed by atoms with Gasteiger partial charge in [-0.05, 0) is 30.5 Å². The van der Waals surface area contributed by atoms with E-state index >= 15 is 0 Å². The molecule has 3 N–H and O–H groups in total. The summed E-state index contributed by atoms with van der Waals surface area (Å²) < 4.78 is 25.8. The lowest BCUT2D eigenvalue weighted by Crippen LogP contribution is -2.39. The van der Waals surface area contributed by atoms with Gasteiger partial charge >= 0.3 is 6.03 Å². The van der Waals surface area contributed by atoms with Crippen molar-refractivity contribution >= 4 is 12.2 Å². The van der Waals surface area contributed by atoms with Crippen molar-refractivity contribution < 1.29 is 23.7 Å². The van der Waals surface area contributed by atoms with Crippen LogP contribution >= 0.6 is 0 Å². The Labute approximate surface area is 233 Å². The summed E-state index contributed by atoms with van der Waals surface area (Å²) in [6.45, 7) is 3.80. The van der Waals surface area contributed by atoms with Crippen LogP contribution < -0.4 is 11.2 Å². The third-order valence-corrected chi connectivity index (χ3v) is 7.10. The lowest BCUT2D eigenvalue weighted by molar-refractivity contribution is -0.196. The number of ether oxygens (including phenoxy) is 4. The molecule has 2 heterocycles. The number of primary amides is 1. The molecule has 2 amide bonds. The lowest BCUT2D eigenvalue weighted by atomic mass is 9.80. The van der Waals surface area contributed by atoms with E-state index in [4.69, 9.17) is 24.7 Å². The number of nitrogens with zero attached hydrogens (tertiary/aromatic N) is 2. The number of carbonyl (C=O) groups excluding carboxylic acids is 1. The van der Waals surface area contributed by atoms with Gasteiger partial charge in [0.15, 0.2) is 5.79 Å². The van der Waals surface area contributed by atoms with Crippen molar-refractivity contribution in [2.45, 2.75) is 49.7 Å². The number of hydrazone groups is 1. The molecule has 0 saturated carbocycles. The van der Waals surface area contributed by atoms with E-state index in [2.05, 4.69) is 16.6 Å². The maximum atomic E-state index is 11.1. The van der Waals surface area contributed by atoms with Gasteiger partial charge in [0.05, 0.1) is 12.7 Å². The summed E-state index contributed by atoms with van der Waals surface area (Å²) in [5, 5.41) is 13.7. The number of fused-ring (bicyclic) bond motifs is 1. The van der Waals surface area contributed by atoms with Crippen molar-refractivity contribution in [1.29, 1.82) is 5.26 Å². The molecule has 2 aliphatic heterocycles. The first-order chi connectivity index (χ1) is 19.3. The zero-order valence-corrected chi connectivity index (χ0v) is 22.3. The lowest BCUT2D eigenvalue weighted by Gasteiger charge is -2.37. The molecule has 40 heavy (non-hydrogen) atoms. The van der Waals surface area contributed by atoms with Gasteiger partial charge in [0.25, 0.3) is 0 Å². The van der Waals surface area contributed by atoms with Gasteiger partial charge in [0, 0.05) is 6.21 Å². The van der Waals surface area contributed by atoms with Crippen LogP contribution in [0.3, 0.4) is 0 Å². The quantitative estimate of drug-likeness (QED) is 0.239. The number of nitriles is 1. The molecule has 2 fully saturated rings. The molecule has 2 saturated heterocycles. The first kappa shape index (κ1) is 27.5. The summed E-state index contributed by atoms with van der Waals surface area (Å²) in [5.41, 5.74) is 9.16. The highest BCUT2D eigenvalue weighted by Crippen LogP contribution is 2.44. The Hall–Kier alpha value is -4.07. The molecule has 206 valence electrons. The molecule has 2 aliphatic rings. The average molecular weight is 541 g/mol. The fraction of sp³-hybridized carbons (Fsp3) is 0.323. The number of nitrogens with one attached hydrogen (secondary N) is 1. The molecule has 9 heteroatoms. The first-order valence-electron chi connectivity index (χ1n) is 13.1. The molecule has 0 radical (unpaired) electrons. The predicted octanol–water partition coefficient (Wildman–Crippen LogP) is 4.08. The van der Waals surface area contributed by atoms with Crippen LogP contribution in [0.5, 0.6) is 0 Å². The van der Waals surface area contributed by atoms with Gasteiger partial charge in [0.2, 0.25) is 0 Å². The Kier molecular flexibility index (Phi) is 7.96. The van der Waals surface area contributed by atoms with Crippen LogP contribution in [0.15, 0.2) is 96.1 Å². The third kappa shape index (κ3) is 5.48. The fourth-order valence-corrected chi connectivity index (χ4v) is 5.49. The zero-order valence-electron chi connectivity index (χ0n) is 22.3. The topological polar surface area (TPSA) is 128 Å². The second-order valence-corrected chi connectivity index (χ2v) is 10.2. The Balaban J connectivity index is 1.50. The number of amides is 2. The van der Waals surface area contributed by atoms with Crippen molar-refractivity contribution in [2.75, 3.05) is 6.61 Å². The predicted molar refractivity (Wildman–Crippen MR) is 148 cm³/mol. The van der Waals surface area contributed by atoms with Crippen molar-refractivity contribution in [3.8, 4) is 6.07 Å². The number of hydrogen-bond donors (Lipinski definition) is 2. The first-order valence-corrected chi connectivity index (χ1v) is 13.1. The molecule has 0 aliphatic carbocycles. The summed E-state index contributed by atoms with van der Waals surface area (Å²) in [7, 11) is 0. The van der Waals surface area contributed by atoms with Crippen LogP contribution in [0.1, 0.15) is 30.5 Å². The van der Waals surface area contributed by atoms with E-state index in [9.17, 15) is 10.1 Å². The minimum absolute atomic E-state index is 0.143. The SMILES string of the molecule is CC1(C)O[C@@H]2[C@@H](COC(c3ccccc3)(c3ccccc3)c3ccccc3)OC(C(C#N)/C=N\NC(N)=O)[C@@H]2O1. The molecular formula is C31H32N4O5. The minimum Gasteiger partial charge on any atom is -0.365 e. The highest BCUT2D eigenvalue weighted by Gasteiger charge is 2.57. The maximum Gasteiger partial charge on any atom is 0.332 e. The zero-order chi connectivity index (χ0) is 28.2. The van der Waals surface area contributed by atoms with Gasteiger partial charge in [-0.25, -0.2) is 10.2 Å². The number of nitrogens with two attached hydrogens (primary N) is 1. The van der Waals surface area contributed by atoms with Crippen molar-refractivity contribution in [3.05, 3.63) is 108 Å². The molecular weight excluding hydrogens is 508 g/mol. The van der Waals surface area contributed by atoms with E-state index in [0.717, 1.165) is 16.7 Å². The highest BCUT2D eigenvalue weighted by atomic mass is 16.8. The Morgan fingerprint density at radius 3 is 1.98 bits per heavy atom. The van der Waals surface area contributed by atoms with Gasteiger partial charge in [0.1, 0.15) is 35.9 Å². The van der Waals surface area contributed by atoms with Crippen LogP contribution in [-0.2, 0) is 24.5 Å². The molecule has 5 atom stereocenters. The van der Waals surface area contributed by atoms with Gasteiger partial charge in [-0.2, -0.15) is 10.4 Å². The fourth-order valence-electron chi connectivity index (χ4n) is 5.49. The summed E-state index contributed by atoms with van der Waals surface area (Å²) in [6, 6.07) is 31.5. The normalized spacial score (nSPS) is 24.3. The monoisotopic (exact) mass is 540 g/mol. The van der Waals surface area contributed by atoms with Crippen molar-refractivity contribution in [2.24, 2.45) is 16.8 Å². The van der Waals surface area contributed by atoms with E-state index in [-0.39, 0.29) is 6.61 Å². The van der Waals surface area contributed by atoms with Crippen LogP contribution in [0, 0.1) is 17.2 Å². The van der Waals surface area contributed by atoms with Gasteiger partial charge < -0.3 is 24.7 Å². The van der Waals surface area contributed by atoms with E-state index in [1.807, 2.05) is 105 Å². The number of hydrogen-bond acceptors (Lipinski definition) is 7. The Bertz CT molecular complexity index is 1260. The van der Waals surface area contributed by atoms with Crippen molar-refractivity contribution in [1.82, 2.24) is 5.43 Å². The van der Waals surface area contributed by atoms with Gasteiger partial charge in [-0.3, -0.25) is 0 Å². The standard InChI is InChI=1S/C31H32N4O5/c1-30(2)39-27-25(38-26(28(27)40-30)21(18-32)19-34-35-29(33)36)20-37-31(22-12-6-3-7-13-22,23-14-8-4-9-15-23)24-16-10-5-11-17-24/h3-17,19,21,25-28H,20H2,1-2H3,(H3,33,35,36)/b34-19-/t21?,25-,26?,27-,28+/m1/s1. The molecule has 3 aromatic rings. The van der Waals surface area contributed by atoms with Gasteiger partial charge in [-0.1, -0.05) is 91.0 Å².